The zero-order chi connectivity index (χ0) is 16.0. The average molecular weight is 308 g/mol. The van der Waals surface area contributed by atoms with E-state index in [0.29, 0.717) is 0 Å². The maximum atomic E-state index is 12.2. The first kappa shape index (κ1) is 16.6. The lowest BCUT2D eigenvalue weighted by atomic mass is 10.3. The second kappa shape index (κ2) is 6.83. The SMILES string of the molecule is CC(C)NS(=O)(=O)c1ccccc1N/N=C(\C#N)C(=N)N. The summed E-state index contributed by atoms with van der Waals surface area (Å²) in [6.45, 7) is 3.41. The quantitative estimate of drug-likeness (QED) is 0.345. The number of benzene rings is 1. The minimum atomic E-state index is -3.71. The molecule has 1 rings (SSSR count). The highest BCUT2D eigenvalue weighted by Crippen LogP contribution is 2.20. The number of nitrogens with two attached hydrogens (primary N) is 1. The molecule has 0 spiro atoms. The highest BCUT2D eigenvalue weighted by molar-refractivity contribution is 7.89. The second-order valence-corrected chi connectivity index (χ2v) is 6.05. The zero-order valence-corrected chi connectivity index (χ0v) is 12.4. The summed E-state index contributed by atoms with van der Waals surface area (Å²) in [7, 11) is -3.71. The minimum Gasteiger partial charge on any atom is -0.382 e. The fourth-order valence-electron chi connectivity index (χ4n) is 1.43. The van der Waals surface area contributed by atoms with Crippen molar-refractivity contribution in [1.29, 1.82) is 10.7 Å². The molecular weight excluding hydrogens is 292 g/mol. The van der Waals surface area contributed by atoms with E-state index in [2.05, 4.69) is 15.2 Å². The van der Waals surface area contributed by atoms with Gasteiger partial charge in [0, 0.05) is 6.04 Å². The number of nitrogens with zero attached hydrogens (tertiary/aromatic N) is 2. The molecule has 0 aliphatic heterocycles. The van der Waals surface area contributed by atoms with Crippen molar-refractivity contribution < 1.29 is 8.42 Å². The molecule has 1 aromatic carbocycles. The van der Waals surface area contributed by atoms with Gasteiger partial charge in [0.05, 0.1) is 5.69 Å². The summed E-state index contributed by atoms with van der Waals surface area (Å²) in [5, 5.41) is 19.5. The smallest absolute Gasteiger partial charge is 0.242 e. The molecule has 0 saturated carbocycles. The number of nitriles is 1. The Kier molecular flexibility index (Phi) is 5.40. The lowest BCUT2D eigenvalue weighted by Gasteiger charge is -2.12. The van der Waals surface area contributed by atoms with Crippen molar-refractivity contribution in [2.45, 2.75) is 24.8 Å². The van der Waals surface area contributed by atoms with Gasteiger partial charge in [-0.15, -0.1) is 0 Å². The lowest BCUT2D eigenvalue weighted by molar-refractivity contribution is 0.570. The molecule has 0 aromatic heterocycles. The van der Waals surface area contributed by atoms with Gasteiger partial charge in [0.15, 0.2) is 5.84 Å². The van der Waals surface area contributed by atoms with Crippen LogP contribution >= 0.6 is 0 Å². The van der Waals surface area contributed by atoms with Crippen molar-refractivity contribution in [2.24, 2.45) is 10.8 Å². The van der Waals surface area contributed by atoms with E-state index in [0.717, 1.165) is 0 Å². The Morgan fingerprint density at radius 2 is 2.05 bits per heavy atom. The summed E-state index contributed by atoms with van der Waals surface area (Å²) in [4.78, 5) is -0.0108. The molecule has 21 heavy (non-hydrogen) atoms. The largest absolute Gasteiger partial charge is 0.382 e. The Bertz CT molecular complexity index is 703. The second-order valence-electron chi connectivity index (χ2n) is 4.37. The predicted molar refractivity (Wildman–Crippen MR) is 80.5 cm³/mol. The molecule has 0 atom stereocenters. The van der Waals surface area contributed by atoms with E-state index in [-0.39, 0.29) is 22.3 Å². The molecule has 9 heteroatoms. The van der Waals surface area contributed by atoms with E-state index in [9.17, 15) is 8.42 Å². The first-order chi connectivity index (χ1) is 9.77. The molecule has 1 aromatic rings. The van der Waals surface area contributed by atoms with E-state index in [1.165, 1.54) is 12.1 Å². The molecule has 0 aliphatic carbocycles. The van der Waals surface area contributed by atoms with Crippen LogP contribution in [0, 0.1) is 16.7 Å². The highest BCUT2D eigenvalue weighted by atomic mass is 32.2. The number of anilines is 1. The molecule has 0 bridgehead atoms. The summed E-state index contributed by atoms with van der Waals surface area (Å²) in [5.74, 6) is -0.509. The number of sulfonamides is 1. The molecule has 0 aliphatic rings. The van der Waals surface area contributed by atoms with E-state index in [1.807, 2.05) is 0 Å². The van der Waals surface area contributed by atoms with Crippen LogP contribution in [0.25, 0.3) is 0 Å². The fraction of sp³-hybridized carbons (Fsp3) is 0.250. The number of hydrogen-bond acceptors (Lipinski definition) is 6. The van der Waals surface area contributed by atoms with Crippen LogP contribution in [0.5, 0.6) is 0 Å². The normalized spacial score (nSPS) is 12.0. The van der Waals surface area contributed by atoms with Gasteiger partial charge in [0.2, 0.25) is 15.7 Å². The first-order valence-corrected chi connectivity index (χ1v) is 7.45. The maximum Gasteiger partial charge on any atom is 0.242 e. The molecule has 0 radical (unpaired) electrons. The third-order valence-electron chi connectivity index (χ3n) is 2.22. The van der Waals surface area contributed by atoms with Crippen LogP contribution in [0.1, 0.15) is 13.8 Å². The van der Waals surface area contributed by atoms with Crippen LogP contribution in [-0.4, -0.2) is 26.0 Å². The van der Waals surface area contributed by atoms with Gasteiger partial charge < -0.3 is 5.73 Å². The van der Waals surface area contributed by atoms with Crippen LogP contribution in [0.15, 0.2) is 34.3 Å². The molecule has 112 valence electrons. The van der Waals surface area contributed by atoms with Crippen LogP contribution in [0.2, 0.25) is 0 Å². The van der Waals surface area contributed by atoms with Crippen LogP contribution in [0.4, 0.5) is 5.69 Å². The van der Waals surface area contributed by atoms with E-state index >= 15 is 0 Å². The van der Waals surface area contributed by atoms with Crippen LogP contribution in [-0.2, 0) is 10.0 Å². The van der Waals surface area contributed by atoms with Gasteiger partial charge in [-0.3, -0.25) is 10.8 Å². The van der Waals surface area contributed by atoms with Gasteiger partial charge in [-0.05, 0) is 26.0 Å². The molecule has 0 amide bonds. The molecule has 0 unspecified atom stereocenters. The van der Waals surface area contributed by atoms with Crippen LogP contribution < -0.4 is 15.9 Å². The molecule has 5 N–H and O–H groups in total. The van der Waals surface area contributed by atoms with Crippen molar-refractivity contribution in [3.05, 3.63) is 24.3 Å². The third-order valence-corrected chi connectivity index (χ3v) is 3.93. The van der Waals surface area contributed by atoms with Crippen molar-refractivity contribution in [3.8, 4) is 6.07 Å². The van der Waals surface area contributed by atoms with E-state index in [4.69, 9.17) is 16.4 Å². The summed E-state index contributed by atoms with van der Waals surface area (Å²) in [6, 6.07) is 7.45. The molecule has 0 heterocycles. The number of hydrogen-bond donors (Lipinski definition) is 4. The number of amidine groups is 1. The Labute approximate surface area is 123 Å². The van der Waals surface area contributed by atoms with Gasteiger partial charge in [0.1, 0.15) is 11.0 Å². The summed E-state index contributed by atoms with van der Waals surface area (Å²) in [6.07, 6.45) is 0. The lowest BCUT2D eigenvalue weighted by Crippen LogP contribution is -2.30. The predicted octanol–water partition coefficient (Wildman–Crippen LogP) is 0.601. The van der Waals surface area contributed by atoms with Crippen molar-refractivity contribution in [3.63, 3.8) is 0 Å². The number of nitrogens with one attached hydrogen (secondary N) is 3. The highest BCUT2D eigenvalue weighted by Gasteiger charge is 2.19. The van der Waals surface area contributed by atoms with E-state index < -0.39 is 15.9 Å². The number of hydrazone groups is 1. The fourth-order valence-corrected chi connectivity index (χ4v) is 2.84. The van der Waals surface area contributed by atoms with Gasteiger partial charge in [0.25, 0.3) is 0 Å². The Morgan fingerprint density at radius 3 is 2.57 bits per heavy atom. The molecule has 0 fully saturated rings. The van der Waals surface area contributed by atoms with Crippen LogP contribution in [0.3, 0.4) is 0 Å². The minimum absolute atomic E-state index is 0.0108. The summed E-state index contributed by atoms with van der Waals surface area (Å²) < 4.78 is 26.8. The van der Waals surface area contributed by atoms with Gasteiger partial charge >= 0.3 is 0 Å². The monoisotopic (exact) mass is 308 g/mol. The molecule has 0 saturated heterocycles. The number of rotatable bonds is 6. The molecular formula is C12H16N6O2S. The summed E-state index contributed by atoms with van der Waals surface area (Å²) >= 11 is 0. The number of para-hydroxylation sites is 1. The Hall–Kier alpha value is -2.44. The Morgan fingerprint density at radius 1 is 1.43 bits per heavy atom. The molecule has 8 nitrogen and oxygen atoms in total. The summed E-state index contributed by atoms with van der Waals surface area (Å²) in [5.41, 5.74) is 7.46. The van der Waals surface area contributed by atoms with Gasteiger partial charge in [-0.2, -0.15) is 10.4 Å². The van der Waals surface area contributed by atoms with Crippen molar-refractivity contribution in [2.75, 3.05) is 5.43 Å². The van der Waals surface area contributed by atoms with E-state index in [1.54, 1.807) is 32.0 Å². The zero-order valence-electron chi connectivity index (χ0n) is 11.6. The standard InChI is InChI=1S/C12H16N6O2S/c1-8(2)18-21(19,20)11-6-4-3-5-9(11)16-17-10(7-13)12(14)15/h3-6,8,16,18H,1-2H3,(H3,14,15)/b17-10+. The van der Waals surface area contributed by atoms with Crippen molar-refractivity contribution in [1.82, 2.24) is 4.72 Å². The van der Waals surface area contributed by atoms with Crippen molar-refractivity contribution >= 4 is 27.3 Å². The average Bonchev–Trinajstić information content (AvgIpc) is 2.38. The Balaban J connectivity index is 3.18. The third kappa shape index (κ3) is 4.55. The van der Waals surface area contributed by atoms with Gasteiger partial charge in [-0.25, -0.2) is 13.1 Å². The topological polar surface area (TPSA) is 144 Å². The van der Waals surface area contributed by atoms with Gasteiger partial charge in [-0.1, -0.05) is 12.1 Å². The maximum absolute atomic E-state index is 12.2. The first-order valence-electron chi connectivity index (χ1n) is 5.97.